The summed E-state index contributed by atoms with van der Waals surface area (Å²) in [6, 6.07) is 12.6. The SMILES string of the molecule is COc1cccc(OCC(=O)OCc2cc(-c3cccs3)on2)c1. The van der Waals surface area contributed by atoms with Gasteiger partial charge in [0.2, 0.25) is 0 Å². The molecule has 0 saturated heterocycles. The molecule has 0 saturated carbocycles. The van der Waals surface area contributed by atoms with Crippen molar-refractivity contribution in [3.63, 3.8) is 0 Å². The molecule has 0 N–H and O–H groups in total. The number of esters is 1. The Labute approximate surface area is 142 Å². The highest BCUT2D eigenvalue weighted by Gasteiger charge is 2.10. The van der Waals surface area contributed by atoms with Crippen LogP contribution in [0.3, 0.4) is 0 Å². The lowest BCUT2D eigenvalue weighted by molar-refractivity contribution is -0.147. The Balaban J connectivity index is 1.47. The van der Waals surface area contributed by atoms with Crippen molar-refractivity contribution in [2.24, 2.45) is 0 Å². The quantitative estimate of drug-likeness (QED) is 0.610. The van der Waals surface area contributed by atoms with Gasteiger partial charge >= 0.3 is 5.97 Å². The molecule has 0 bridgehead atoms. The Kier molecular flexibility index (Phi) is 5.12. The topological polar surface area (TPSA) is 70.8 Å². The van der Waals surface area contributed by atoms with E-state index >= 15 is 0 Å². The van der Waals surface area contributed by atoms with Crippen LogP contribution >= 0.6 is 11.3 Å². The summed E-state index contributed by atoms with van der Waals surface area (Å²) in [7, 11) is 1.57. The van der Waals surface area contributed by atoms with E-state index in [1.54, 1.807) is 48.8 Å². The van der Waals surface area contributed by atoms with Gasteiger partial charge in [0.25, 0.3) is 0 Å². The number of aromatic nitrogens is 1. The lowest BCUT2D eigenvalue weighted by atomic mass is 10.3. The number of nitrogens with zero attached hydrogens (tertiary/aromatic N) is 1. The van der Waals surface area contributed by atoms with Crippen LogP contribution in [0.4, 0.5) is 0 Å². The first-order valence-electron chi connectivity index (χ1n) is 7.16. The van der Waals surface area contributed by atoms with Gasteiger partial charge in [0.15, 0.2) is 12.4 Å². The molecule has 0 spiro atoms. The first kappa shape index (κ1) is 16.1. The van der Waals surface area contributed by atoms with Crippen molar-refractivity contribution in [3.05, 3.63) is 53.5 Å². The average Bonchev–Trinajstić information content (AvgIpc) is 3.29. The third kappa shape index (κ3) is 4.14. The molecule has 0 atom stereocenters. The molecular weight excluding hydrogens is 330 g/mol. The number of carbonyl (C=O) groups is 1. The number of hydrogen-bond acceptors (Lipinski definition) is 7. The number of hydrogen-bond donors (Lipinski definition) is 0. The maximum absolute atomic E-state index is 11.7. The van der Waals surface area contributed by atoms with Crippen molar-refractivity contribution in [2.45, 2.75) is 6.61 Å². The van der Waals surface area contributed by atoms with E-state index in [1.165, 1.54) is 0 Å². The molecule has 124 valence electrons. The summed E-state index contributed by atoms with van der Waals surface area (Å²) in [4.78, 5) is 12.7. The predicted octanol–water partition coefficient (Wildman–Crippen LogP) is 3.53. The summed E-state index contributed by atoms with van der Waals surface area (Å²) >= 11 is 1.55. The number of thiophene rings is 1. The normalized spacial score (nSPS) is 10.4. The lowest BCUT2D eigenvalue weighted by Crippen LogP contribution is -2.14. The van der Waals surface area contributed by atoms with Crippen LogP contribution < -0.4 is 9.47 Å². The Morgan fingerprint density at radius 2 is 2.08 bits per heavy atom. The molecule has 0 amide bonds. The zero-order valence-corrected chi connectivity index (χ0v) is 13.7. The van der Waals surface area contributed by atoms with Gasteiger partial charge < -0.3 is 18.7 Å². The number of ether oxygens (including phenoxy) is 3. The zero-order valence-electron chi connectivity index (χ0n) is 12.9. The molecule has 2 aromatic heterocycles. The number of methoxy groups -OCH3 is 1. The van der Waals surface area contributed by atoms with Crippen LogP contribution in [0, 0.1) is 0 Å². The van der Waals surface area contributed by atoms with E-state index in [0.717, 1.165) is 4.88 Å². The van der Waals surface area contributed by atoms with Crippen LogP contribution in [0.15, 0.2) is 52.4 Å². The second-order valence-corrected chi connectivity index (χ2v) is 5.74. The zero-order chi connectivity index (χ0) is 16.8. The maximum atomic E-state index is 11.7. The highest BCUT2D eigenvalue weighted by atomic mass is 32.1. The molecule has 3 rings (SSSR count). The molecule has 3 aromatic rings. The van der Waals surface area contributed by atoms with Crippen molar-refractivity contribution in [2.75, 3.05) is 13.7 Å². The van der Waals surface area contributed by atoms with E-state index in [4.69, 9.17) is 18.7 Å². The highest BCUT2D eigenvalue weighted by Crippen LogP contribution is 2.25. The second-order valence-electron chi connectivity index (χ2n) is 4.79. The van der Waals surface area contributed by atoms with Crippen molar-refractivity contribution in [1.82, 2.24) is 5.16 Å². The van der Waals surface area contributed by atoms with Crippen molar-refractivity contribution in [1.29, 1.82) is 0 Å². The van der Waals surface area contributed by atoms with Crippen LogP contribution in [0.2, 0.25) is 0 Å². The van der Waals surface area contributed by atoms with E-state index < -0.39 is 5.97 Å². The Bertz CT molecular complexity index is 797. The van der Waals surface area contributed by atoms with E-state index in [-0.39, 0.29) is 13.2 Å². The van der Waals surface area contributed by atoms with Gasteiger partial charge in [-0.2, -0.15) is 0 Å². The minimum atomic E-state index is -0.488. The molecule has 24 heavy (non-hydrogen) atoms. The van der Waals surface area contributed by atoms with E-state index in [9.17, 15) is 4.79 Å². The van der Waals surface area contributed by atoms with Crippen molar-refractivity contribution >= 4 is 17.3 Å². The molecule has 0 aliphatic carbocycles. The summed E-state index contributed by atoms with van der Waals surface area (Å²) in [5.41, 5.74) is 0.549. The van der Waals surface area contributed by atoms with E-state index in [1.807, 2.05) is 17.5 Å². The van der Waals surface area contributed by atoms with Crippen LogP contribution in [0.5, 0.6) is 11.5 Å². The minimum Gasteiger partial charge on any atom is -0.497 e. The fraction of sp³-hybridized carbons (Fsp3) is 0.176. The Hall–Kier alpha value is -2.80. The summed E-state index contributed by atoms with van der Waals surface area (Å²) in [6.07, 6.45) is 0. The molecule has 0 fully saturated rings. The smallest absolute Gasteiger partial charge is 0.344 e. The first-order chi connectivity index (χ1) is 11.7. The third-order valence-corrected chi connectivity index (χ3v) is 3.99. The minimum absolute atomic E-state index is 0.0369. The predicted molar refractivity (Wildman–Crippen MR) is 88.1 cm³/mol. The van der Waals surface area contributed by atoms with Crippen molar-refractivity contribution < 1.29 is 23.5 Å². The molecule has 2 heterocycles. The number of rotatable bonds is 7. The molecule has 0 aliphatic heterocycles. The van der Waals surface area contributed by atoms with Gasteiger partial charge in [-0.3, -0.25) is 0 Å². The third-order valence-electron chi connectivity index (χ3n) is 3.10. The van der Waals surface area contributed by atoms with Gasteiger partial charge in [0.1, 0.15) is 23.8 Å². The van der Waals surface area contributed by atoms with Crippen LogP contribution in [-0.4, -0.2) is 24.8 Å². The van der Waals surface area contributed by atoms with E-state index in [0.29, 0.717) is 23.0 Å². The lowest BCUT2D eigenvalue weighted by Gasteiger charge is -2.07. The van der Waals surface area contributed by atoms with Crippen LogP contribution in [-0.2, 0) is 16.1 Å². The van der Waals surface area contributed by atoms with Gasteiger partial charge in [-0.25, -0.2) is 4.79 Å². The summed E-state index contributed by atoms with van der Waals surface area (Å²) < 4.78 is 20.8. The van der Waals surface area contributed by atoms with Crippen LogP contribution in [0.25, 0.3) is 10.6 Å². The summed E-state index contributed by atoms with van der Waals surface area (Å²) in [5.74, 6) is 1.36. The monoisotopic (exact) mass is 345 g/mol. The first-order valence-corrected chi connectivity index (χ1v) is 8.04. The largest absolute Gasteiger partial charge is 0.497 e. The fourth-order valence-electron chi connectivity index (χ4n) is 1.94. The van der Waals surface area contributed by atoms with Crippen LogP contribution in [0.1, 0.15) is 5.69 Å². The summed E-state index contributed by atoms with van der Waals surface area (Å²) in [5, 5.41) is 5.83. The van der Waals surface area contributed by atoms with E-state index in [2.05, 4.69) is 5.16 Å². The van der Waals surface area contributed by atoms with Crippen molar-refractivity contribution in [3.8, 4) is 22.1 Å². The fourth-order valence-corrected chi connectivity index (χ4v) is 2.62. The number of carbonyl (C=O) groups excluding carboxylic acids is 1. The molecule has 0 unspecified atom stereocenters. The van der Waals surface area contributed by atoms with Gasteiger partial charge in [-0.1, -0.05) is 17.3 Å². The second kappa shape index (κ2) is 7.65. The molecule has 0 radical (unpaired) electrons. The Morgan fingerprint density at radius 1 is 1.21 bits per heavy atom. The molecule has 7 heteroatoms. The average molecular weight is 345 g/mol. The highest BCUT2D eigenvalue weighted by molar-refractivity contribution is 7.13. The maximum Gasteiger partial charge on any atom is 0.344 e. The van der Waals surface area contributed by atoms with Gasteiger partial charge in [-0.15, -0.1) is 11.3 Å². The summed E-state index contributed by atoms with van der Waals surface area (Å²) in [6.45, 7) is -0.155. The van der Waals surface area contributed by atoms with Gasteiger partial charge in [0, 0.05) is 12.1 Å². The molecule has 1 aromatic carbocycles. The standard InChI is InChI=1S/C17H15NO5S/c1-20-13-4-2-5-14(9-13)21-11-17(19)22-10-12-8-15(23-18-12)16-6-3-7-24-16/h2-9H,10-11H2,1H3. The molecule has 6 nitrogen and oxygen atoms in total. The number of benzene rings is 1. The van der Waals surface area contributed by atoms with Gasteiger partial charge in [0.05, 0.1) is 12.0 Å². The Morgan fingerprint density at radius 3 is 2.88 bits per heavy atom. The van der Waals surface area contributed by atoms with Gasteiger partial charge in [-0.05, 0) is 23.6 Å². The molecular formula is C17H15NO5S. The molecule has 0 aliphatic rings.